The molecule has 12 heteroatoms. The lowest BCUT2D eigenvalue weighted by Gasteiger charge is -2.41. The third-order valence-corrected chi connectivity index (χ3v) is 9.55. The van der Waals surface area contributed by atoms with E-state index in [0.717, 1.165) is 25.8 Å². The van der Waals surface area contributed by atoms with Crippen molar-refractivity contribution >= 4 is 29.3 Å². The number of amides is 4. The third-order valence-electron chi connectivity index (χ3n) is 9.55. The molecule has 0 saturated carbocycles. The first-order valence-electron chi connectivity index (χ1n) is 17.3. The molecule has 1 aromatic carbocycles. The maximum Gasteiger partial charge on any atom is 0.269 e. The van der Waals surface area contributed by atoms with Crippen molar-refractivity contribution in [1.29, 1.82) is 0 Å². The number of rotatable bonds is 12. The number of hydrogen-bond acceptors (Lipinski definition) is 7. The van der Waals surface area contributed by atoms with Gasteiger partial charge in [-0.2, -0.15) is 0 Å². The van der Waals surface area contributed by atoms with Gasteiger partial charge in [0.2, 0.25) is 23.6 Å². The maximum absolute atomic E-state index is 14.1. The van der Waals surface area contributed by atoms with Gasteiger partial charge in [-0.15, -0.1) is 0 Å². The number of nitrogens with zero attached hydrogens (tertiary/aromatic N) is 4. The van der Waals surface area contributed by atoms with Crippen molar-refractivity contribution < 1.29 is 24.1 Å². The maximum atomic E-state index is 14.1. The molecule has 0 bridgehead atoms. The molecular formula is C36H56N6O6. The number of nitro benzene ring substituents is 1. The first kappa shape index (κ1) is 38.6. The topological polar surface area (TPSA) is 145 Å². The van der Waals surface area contributed by atoms with Gasteiger partial charge in [0.25, 0.3) is 5.69 Å². The third kappa shape index (κ3) is 9.64. The molecule has 0 aromatic heterocycles. The first-order chi connectivity index (χ1) is 22.4. The second-order valence-electron chi connectivity index (χ2n) is 15.0. The second-order valence-corrected chi connectivity index (χ2v) is 15.0. The highest BCUT2D eigenvalue weighted by atomic mass is 16.6. The summed E-state index contributed by atoms with van der Waals surface area (Å²) < 4.78 is 0. The summed E-state index contributed by atoms with van der Waals surface area (Å²) in [5.74, 6) is -0.985. The average Bonchev–Trinajstić information content (AvgIpc) is 3.53. The van der Waals surface area contributed by atoms with Crippen LogP contribution in [0.4, 0.5) is 5.69 Å². The fourth-order valence-corrected chi connectivity index (χ4v) is 6.77. The lowest BCUT2D eigenvalue weighted by molar-refractivity contribution is -0.384. The number of hydrogen-bond donors (Lipinski definition) is 2. The van der Waals surface area contributed by atoms with E-state index in [-0.39, 0.29) is 53.9 Å². The Labute approximate surface area is 285 Å². The first-order valence-corrected chi connectivity index (χ1v) is 17.3. The molecule has 1 aromatic rings. The largest absolute Gasteiger partial charge is 0.350 e. The Hall–Kier alpha value is -3.80. The quantitative estimate of drug-likeness (QED) is 0.191. The van der Waals surface area contributed by atoms with Crippen molar-refractivity contribution in [2.75, 3.05) is 20.1 Å². The minimum Gasteiger partial charge on any atom is -0.350 e. The van der Waals surface area contributed by atoms with E-state index in [2.05, 4.69) is 29.4 Å². The lowest BCUT2D eigenvalue weighted by Crippen LogP contribution is -2.60. The molecule has 0 spiro atoms. The molecule has 4 atom stereocenters. The number of non-ortho nitro benzene ring substituents is 1. The molecule has 2 saturated heterocycles. The summed E-state index contributed by atoms with van der Waals surface area (Å²) in [6.07, 6.45) is 5.75. The van der Waals surface area contributed by atoms with Crippen LogP contribution in [-0.2, 0) is 25.7 Å². The summed E-state index contributed by atoms with van der Waals surface area (Å²) in [4.78, 5) is 70.7. The van der Waals surface area contributed by atoms with Gasteiger partial charge in [0.1, 0.15) is 12.1 Å². The van der Waals surface area contributed by atoms with E-state index < -0.39 is 28.5 Å². The zero-order valence-electron chi connectivity index (χ0n) is 30.2. The Morgan fingerprint density at radius 1 is 1.02 bits per heavy atom. The van der Waals surface area contributed by atoms with Crippen LogP contribution in [0, 0.1) is 21.4 Å². The SMILES string of the molecule is C/C(=C\[C@H](C(C)C)N(C)C(=O)C(NC(=O)C1CCCCN1C(C)C)C(C)(C)C)C(=O)N1CCC[C@H]1C(=O)NCc1cccc([N+](=O)[O-])c1. The van der Waals surface area contributed by atoms with E-state index >= 15 is 0 Å². The highest BCUT2D eigenvalue weighted by Crippen LogP contribution is 2.27. The van der Waals surface area contributed by atoms with Gasteiger partial charge in [-0.3, -0.25) is 34.2 Å². The second kappa shape index (κ2) is 16.5. The number of nitrogens with one attached hydrogen (secondary N) is 2. The molecule has 0 aliphatic carbocycles. The zero-order chi connectivity index (χ0) is 35.9. The normalized spacial score (nSPS) is 20.4. The van der Waals surface area contributed by atoms with E-state index in [4.69, 9.17) is 0 Å². The smallest absolute Gasteiger partial charge is 0.269 e. The van der Waals surface area contributed by atoms with Crippen LogP contribution in [-0.4, -0.2) is 93.6 Å². The number of carbonyl (C=O) groups is 4. The van der Waals surface area contributed by atoms with Crippen molar-refractivity contribution in [1.82, 2.24) is 25.3 Å². The van der Waals surface area contributed by atoms with Crippen LogP contribution in [0.1, 0.15) is 93.1 Å². The minimum atomic E-state index is -0.769. The molecule has 48 heavy (non-hydrogen) atoms. The van der Waals surface area contributed by atoms with E-state index in [1.165, 1.54) is 12.1 Å². The predicted octanol–water partition coefficient (Wildman–Crippen LogP) is 4.43. The Morgan fingerprint density at radius 3 is 2.29 bits per heavy atom. The fraction of sp³-hybridized carbons (Fsp3) is 0.667. The van der Waals surface area contributed by atoms with Crippen molar-refractivity contribution in [3.05, 3.63) is 51.6 Å². The minimum absolute atomic E-state index is 0.0413. The monoisotopic (exact) mass is 668 g/mol. The van der Waals surface area contributed by atoms with E-state index in [1.807, 2.05) is 34.6 Å². The zero-order valence-corrected chi connectivity index (χ0v) is 30.2. The van der Waals surface area contributed by atoms with Crippen LogP contribution < -0.4 is 10.6 Å². The van der Waals surface area contributed by atoms with Gasteiger partial charge in [-0.1, -0.05) is 59.2 Å². The van der Waals surface area contributed by atoms with E-state index in [9.17, 15) is 29.3 Å². The van der Waals surface area contributed by atoms with E-state index in [0.29, 0.717) is 30.5 Å². The molecule has 4 amide bonds. The molecule has 266 valence electrons. The molecule has 2 aliphatic rings. The Balaban J connectivity index is 1.74. The van der Waals surface area contributed by atoms with Crippen LogP contribution in [0.2, 0.25) is 0 Å². The van der Waals surface area contributed by atoms with Gasteiger partial charge in [-0.05, 0) is 69.9 Å². The van der Waals surface area contributed by atoms with Gasteiger partial charge in [-0.25, -0.2) is 0 Å². The molecule has 2 aliphatic heterocycles. The Kier molecular flexibility index (Phi) is 13.3. The van der Waals surface area contributed by atoms with Crippen molar-refractivity contribution in [2.45, 2.75) is 124 Å². The van der Waals surface area contributed by atoms with Crippen LogP contribution in [0.3, 0.4) is 0 Å². The van der Waals surface area contributed by atoms with Crippen molar-refractivity contribution in [3.63, 3.8) is 0 Å². The van der Waals surface area contributed by atoms with Gasteiger partial charge < -0.3 is 20.4 Å². The summed E-state index contributed by atoms with van der Waals surface area (Å²) in [5, 5.41) is 17.1. The highest BCUT2D eigenvalue weighted by Gasteiger charge is 2.40. The Morgan fingerprint density at radius 2 is 1.69 bits per heavy atom. The summed E-state index contributed by atoms with van der Waals surface area (Å²) in [5.41, 5.74) is 0.409. The standard InChI is InChI=1S/C36H56N6O6/c1-23(2)30(39(9)35(46)31(36(6,7)8)38-33(44)29-16-10-11-18-40(29)24(3)4)20-25(5)34(45)41-19-13-17-28(41)32(43)37-22-26-14-12-15-27(21-26)42(47)48/h12,14-15,20-21,23-24,28-31H,10-11,13,16-19,22H2,1-9H3,(H,37,43)(H,38,44)/b25-20+/t28-,29?,30+,31?/m0/s1. The number of likely N-dealkylation sites (N-methyl/N-ethyl adjacent to an activating group) is 1. The number of likely N-dealkylation sites (tertiary alicyclic amines) is 2. The molecule has 0 radical (unpaired) electrons. The molecule has 2 unspecified atom stereocenters. The molecular weight excluding hydrogens is 612 g/mol. The Bertz CT molecular complexity index is 1370. The average molecular weight is 669 g/mol. The van der Waals surface area contributed by atoms with E-state index in [1.54, 1.807) is 42.0 Å². The molecule has 2 N–H and O–H groups in total. The van der Waals surface area contributed by atoms with Gasteiger partial charge >= 0.3 is 0 Å². The predicted molar refractivity (Wildman–Crippen MR) is 186 cm³/mol. The van der Waals surface area contributed by atoms with Gasteiger partial charge in [0, 0.05) is 43.9 Å². The van der Waals surface area contributed by atoms with Crippen LogP contribution >= 0.6 is 0 Å². The summed E-state index contributed by atoms with van der Waals surface area (Å²) >= 11 is 0. The molecule has 3 rings (SSSR count). The highest BCUT2D eigenvalue weighted by molar-refractivity contribution is 5.97. The number of benzene rings is 1. The number of piperidine rings is 1. The lowest BCUT2D eigenvalue weighted by atomic mass is 9.84. The van der Waals surface area contributed by atoms with Crippen LogP contribution in [0.5, 0.6) is 0 Å². The fourth-order valence-electron chi connectivity index (χ4n) is 6.77. The van der Waals surface area contributed by atoms with Gasteiger partial charge in [0.05, 0.1) is 17.0 Å². The van der Waals surface area contributed by atoms with Gasteiger partial charge in [0.15, 0.2) is 0 Å². The summed E-state index contributed by atoms with van der Waals surface area (Å²) in [6.45, 7) is 17.1. The van der Waals surface area contributed by atoms with Crippen LogP contribution in [0.15, 0.2) is 35.9 Å². The molecule has 2 heterocycles. The number of nitro groups is 1. The van der Waals surface area contributed by atoms with Crippen LogP contribution in [0.25, 0.3) is 0 Å². The number of carbonyl (C=O) groups excluding carboxylic acids is 4. The van der Waals surface area contributed by atoms with Crippen molar-refractivity contribution in [3.8, 4) is 0 Å². The summed E-state index contributed by atoms with van der Waals surface area (Å²) in [6, 6.07) is 4.15. The molecule has 12 nitrogen and oxygen atoms in total. The molecule has 2 fully saturated rings. The summed E-state index contributed by atoms with van der Waals surface area (Å²) in [7, 11) is 1.72. The van der Waals surface area contributed by atoms with Crippen molar-refractivity contribution in [2.24, 2.45) is 11.3 Å².